The first-order chi connectivity index (χ1) is 8.09. The van der Waals surface area contributed by atoms with Crippen LogP contribution in [0.1, 0.15) is 33.1 Å². The highest BCUT2D eigenvalue weighted by atomic mass is 35.5. The minimum absolute atomic E-state index is 0.291. The summed E-state index contributed by atoms with van der Waals surface area (Å²) < 4.78 is 0. The summed E-state index contributed by atoms with van der Waals surface area (Å²) in [6, 6.07) is 0.929. The number of hydrogen-bond donors (Lipinski definition) is 2. The Kier molecular flexibility index (Phi) is 3.69. The van der Waals surface area contributed by atoms with Crippen LogP contribution in [-0.2, 0) is 0 Å². The lowest BCUT2D eigenvalue weighted by Gasteiger charge is -2.39. The Hall–Kier alpha value is -1.07. The van der Waals surface area contributed by atoms with Gasteiger partial charge in [0.15, 0.2) is 11.0 Å². The fourth-order valence-electron chi connectivity index (χ4n) is 2.23. The number of aromatic nitrogens is 2. The summed E-state index contributed by atoms with van der Waals surface area (Å²) in [5.74, 6) is 0.589. The molecule has 1 aliphatic heterocycles. The van der Waals surface area contributed by atoms with Gasteiger partial charge in [-0.15, -0.1) is 0 Å². The Morgan fingerprint density at radius 1 is 1.35 bits per heavy atom. The van der Waals surface area contributed by atoms with E-state index in [1.165, 1.54) is 25.6 Å². The summed E-state index contributed by atoms with van der Waals surface area (Å²) >= 11 is 5.87. The van der Waals surface area contributed by atoms with Crippen molar-refractivity contribution in [2.45, 2.75) is 45.2 Å². The van der Waals surface area contributed by atoms with Crippen LogP contribution in [0.2, 0.25) is 5.15 Å². The number of halogens is 1. The topological polar surface area (TPSA) is 67.1 Å². The summed E-state index contributed by atoms with van der Waals surface area (Å²) in [7, 11) is 0. The first kappa shape index (κ1) is 12.4. The predicted molar refractivity (Wildman–Crippen MR) is 69.7 cm³/mol. The smallest absolute Gasteiger partial charge is 0.168 e. The second kappa shape index (κ2) is 5.06. The molecule has 1 saturated heterocycles. The van der Waals surface area contributed by atoms with E-state index in [1.807, 2.05) is 0 Å². The summed E-state index contributed by atoms with van der Waals surface area (Å²) in [5.41, 5.74) is 9.51. The lowest BCUT2D eigenvalue weighted by molar-refractivity contribution is 0.135. The molecule has 0 amide bonds. The van der Waals surface area contributed by atoms with E-state index in [1.54, 1.807) is 0 Å². The zero-order chi connectivity index (χ0) is 12.4. The van der Waals surface area contributed by atoms with Crippen LogP contribution in [0, 0.1) is 0 Å². The zero-order valence-corrected chi connectivity index (χ0v) is 10.9. The molecule has 94 valence electrons. The first-order valence-electron chi connectivity index (χ1n) is 5.90. The van der Waals surface area contributed by atoms with Gasteiger partial charge in [0.25, 0.3) is 0 Å². The molecule has 0 bridgehead atoms. The number of hydrogen-bond acceptors (Lipinski definition) is 5. The Bertz CT molecular complexity index is 387. The van der Waals surface area contributed by atoms with E-state index in [2.05, 4.69) is 34.3 Å². The highest BCUT2D eigenvalue weighted by Crippen LogP contribution is 2.27. The second-order valence-corrected chi connectivity index (χ2v) is 4.93. The number of nitrogens with one attached hydrogen (secondary N) is 1. The van der Waals surface area contributed by atoms with E-state index >= 15 is 0 Å². The molecule has 1 aliphatic rings. The van der Waals surface area contributed by atoms with Gasteiger partial charge in [0.2, 0.25) is 0 Å². The molecule has 0 radical (unpaired) electrons. The van der Waals surface area contributed by atoms with Gasteiger partial charge in [0.1, 0.15) is 12.0 Å². The van der Waals surface area contributed by atoms with Crippen LogP contribution in [0.3, 0.4) is 0 Å². The predicted octanol–water partition coefficient (Wildman–Crippen LogP) is 2.30. The van der Waals surface area contributed by atoms with Gasteiger partial charge in [-0.25, -0.2) is 15.0 Å². The number of nitrogen functional groups attached to an aromatic ring is 1. The number of piperidine rings is 1. The zero-order valence-electron chi connectivity index (χ0n) is 10.2. The molecular formula is C11H18ClN5. The fraction of sp³-hybridized carbons (Fsp3) is 0.636. The van der Waals surface area contributed by atoms with Crippen LogP contribution in [0.4, 0.5) is 11.5 Å². The third-order valence-corrected chi connectivity index (χ3v) is 3.57. The number of hydrazine groups is 1. The Balaban J connectivity index is 2.16. The maximum absolute atomic E-state index is 5.87. The molecule has 1 fully saturated rings. The van der Waals surface area contributed by atoms with Gasteiger partial charge in [-0.2, -0.15) is 0 Å². The van der Waals surface area contributed by atoms with E-state index in [0.717, 1.165) is 0 Å². The first-order valence-corrected chi connectivity index (χ1v) is 6.28. The molecule has 2 atom stereocenters. The Morgan fingerprint density at radius 2 is 2.00 bits per heavy atom. The monoisotopic (exact) mass is 255 g/mol. The minimum atomic E-state index is 0.291. The lowest BCUT2D eigenvalue weighted by Crippen LogP contribution is -2.47. The van der Waals surface area contributed by atoms with Crippen molar-refractivity contribution in [2.75, 3.05) is 11.2 Å². The van der Waals surface area contributed by atoms with Crippen LogP contribution >= 0.6 is 11.6 Å². The van der Waals surface area contributed by atoms with Crippen LogP contribution in [0.25, 0.3) is 0 Å². The van der Waals surface area contributed by atoms with Gasteiger partial charge in [0.05, 0.1) is 0 Å². The van der Waals surface area contributed by atoms with Crippen molar-refractivity contribution >= 4 is 23.1 Å². The molecule has 6 heteroatoms. The van der Waals surface area contributed by atoms with Gasteiger partial charge >= 0.3 is 0 Å². The van der Waals surface area contributed by atoms with Gasteiger partial charge in [-0.05, 0) is 26.7 Å². The quantitative estimate of drug-likeness (QED) is 0.794. The van der Waals surface area contributed by atoms with Gasteiger partial charge in [-0.1, -0.05) is 18.0 Å². The van der Waals surface area contributed by atoms with E-state index < -0.39 is 0 Å². The van der Waals surface area contributed by atoms with Crippen LogP contribution in [0.5, 0.6) is 0 Å². The highest BCUT2D eigenvalue weighted by molar-refractivity contribution is 6.32. The molecule has 17 heavy (non-hydrogen) atoms. The lowest BCUT2D eigenvalue weighted by atomic mass is 10.00. The van der Waals surface area contributed by atoms with Crippen molar-refractivity contribution in [1.82, 2.24) is 15.0 Å². The molecule has 2 rings (SSSR count). The molecule has 0 saturated carbocycles. The molecule has 0 aliphatic carbocycles. The van der Waals surface area contributed by atoms with Crippen LogP contribution in [0.15, 0.2) is 6.33 Å². The maximum atomic E-state index is 5.87. The van der Waals surface area contributed by atoms with Crippen LogP contribution < -0.4 is 11.2 Å². The molecule has 2 unspecified atom stereocenters. The van der Waals surface area contributed by atoms with Crippen molar-refractivity contribution < 1.29 is 0 Å². The molecule has 0 spiro atoms. The van der Waals surface area contributed by atoms with Crippen LogP contribution in [-0.4, -0.2) is 27.1 Å². The maximum Gasteiger partial charge on any atom is 0.168 e. The van der Waals surface area contributed by atoms with E-state index in [9.17, 15) is 0 Å². The minimum Gasteiger partial charge on any atom is -0.393 e. The molecule has 3 N–H and O–H groups in total. The molecule has 5 nitrogen and oxygen atoms in total. The summed E-state index contributed by atoms with van der Waals surface area (Å²) in [5, 5.41) is 2.48. The molecule has 1 aromatic rings. The Labute approximate surface area is 106 Å². The molecule has 2 heterocycles. The molecular weight excluding hydrogens is 238 g/mol. The summed E-state index contributed by atoms with van der Waals surface area (Å²) in [6.07, 6.45) is 5.03. The van der Waals surface area contributed by atoms with E-state index in [0.29, 0.717) is 28.7 Å². The SMILES string of the molecule is CC1CCCC(C)N1Nc1ncnc(Cl)c1N. The van der Waals surface area contributed by atoms with Crippen molar-refractivity contribution in [3.63, 3.8) is 0 Å². The normalized spacial score (nSPS) is 25.8. The van der Waals surface area contributed by atoms with E-state index in [4.69, 9.17) is 17.3 Å². The van der Waals surface area contributed by atoms with Crippen molar-refractivity contribution in [3.05, 3.63) is 11.5 Å². The number of anilines is 2. The van der Waals surface area contributed by atoms with Gasteiger partial charge in [0, 0.05) is 12.1 Å². The number of nitrogens with two attached hydrogens (primary N) is 1. The van der Waals surface area contributed by atoms with Crippen molar-refractivity contribution in [1.29, 1.82) is 0 Å². The van der Waals surface area contributed by atoms with Crippen molar-refractivity contribution in [2.24, 2.45) is 0 Å². The second-order valence-electron chi connectivity index (χ2n) is 4.57. The summed E-state index contributed by atoms with van der Waals surface area (Å²) in [4.78, 5) is 7.97. The average Bonchev–Trinajstić information content (AvgIpc) is 2.29. The molecule has 0 aromatic carbocycles. The summed E-state index contributed by atoms with van der Waals surface area (Å²) in [6.45, 7) is 4.39. The van der Waals surface area contributed by atoms with Crippen molar-refractivity contribution in [3.8, 4) is 0 Å². The highest BCUT2D eigenvalue weighted by Gasteiger charge is 2.25. The van der Waals surface area contributed by atoms with Gasteiger partial charge < -0.3 is 11.2 Å². The standard InChI is InChI=1S/C11H18ClN5/c1-7-4-3-5-8(2)17(7)16-11-9(13)10(12)14-6-15-11/h6-8H,3-5,13H2,1-2H3,(H,14,15,16). The third-order valence-electron chi connectivity index (χ3n) is 3.26. The van der Waals surface area contributed by atoms with E-state index in [-0.39, 0.29) is 0 Å². The average molecular weight is 256 g/mol. The largest absolute Gasteiger partial charge is 0.393 e. The Morgan fingerprint density at radius 3 is 2.65 bits per heavy atom. The number of nitrogens with zero attached hydrogens (tertiary/aromatic N) is 3. The fourth-order valence-corrected chi connectivity index (χ4v) is 2.36. The van der Waals surface area contributed by atoms with Gasteiger partial charge in [-0.3, -0.25) is 0 Å². The third kappa shape index (κ3) is 2.61. The number of rotatable bonds is 2. The molecule has 1 aromatic heterocycles.